The number of carbonyl (C=O) groups is 2. The standard InChI is InChI=1S/C19H19NO7/c1-11(27-19(23)13-4-3-5-15(24-2)17(13)21)18(22)20-9-12-6-7-14-16(8-12)26-10-25-14/h3-8,11,21H,9-10H2,1-2H3,(H,20,22)/t11-/m0/s1. The molecular formula is C19H19NO7. The third-order valence-electron chi connectivity index (χ3n) is 4.00. The molecule has 8 nitrogen and oxygen atoms in total. The molecule has 0 aliphatic carbocycles. The number of aromatic hydroxyl groups is 1. The van der Waals surface area contributed by atoms with Crippen LogP contribution in [0, 0.1) is 0 Å². The highest BCUT2D eigenvalue weighted by molar-refractivity contribution is 5.95. The summed E-state index contributed by atoms with van der Waals surface area (Å²) in [6.07, 6.45) is -1.04. The second kappa shape index (κ2) is 7.86. The van der Waals surface area contributed by atoms with Gasteiger partial charge in [-0.3, -0.25) is 4.79 Å². The Morgan fingerprint density at radius 1 is 1.22 bits per heavy atom. The predicted octanol–water partition coefficient (Wildman–Crippen LogP) is 1.99. The number of esters is 1. The van der Waals surface area contributed by atoms with E-state index in [9.17, 15) is 14.7 Å². The Kier molecular flexibility index (Phi) is 5.35. The van der Waals surface area contributed by atoms with Gasteiger partial charge in [0.15, 0.2) is 29.1 Å². The smallest absolute Gasteiger partial charge is 0.342 e. The molecule has 0 spiro atoms. The molecule has 2 aromatic rings. The summed E-state index contributed by atoms with van der Waals surface area (Å²) in [5, 5.41) is 12.7. The molecule has 142 valence electrons. The summed E-state index contributed by atoms with van der Waals surface area (Å²) in [5.74, 6) is -0.206. The van der Waals surface area contributed by atoms with Crippen LogP contribution < -0.4 is 19.5 Å². The number of hydrogen-bond donors (Lipinski definition) is 2. The van der Waals surface area contributed by atoms with Gasteiger partial charge in [-0.2, -0.15) is 0 Å². The van der Waals surface area contributed by atoms with Gasteiger partial charge >= 0.3 is 5.97 Å². The van der Waals surface area contributed by atoms with Gasteiger partial charge in [-0.1, -0.05) is 12.1 Å². The molecule has 2 aromatic carbocycles. The second-order valence-corrected chi connectivity index (χ2v) is 5.81. The highest BCUT2D eigenvalue weighted by Gasteiger charge is 2.22. The van der Waals surface area contributed by atoms with E-state index in [1.807, 2.05) is 0 Å². The molecule has 1 aliphatic heterocycles. The Labute approximate surface area is 155 Å². The average molecular weight is 373 g/mol. The summed E-state index contributed by atoms with van der Waals surface area (Å²) in [6, 6.07) is 9.77. The molecule has 1 heterocycles. The second-order valence-electron chi connectivity index (χ2n) is 5.81. The largest absolute Gasteiger partial charge is 0.504 e. The van der Waals surface area contributed by atoms with Gasteiger partial charge in [0.05, 0.1) is 7.11 Å². The molecular weight excluding hydrogens is 354 g/mol. The summed E-state index contributed by atoms with van der Waals surface area (Å²) in [7, 11) is 1.37. The number of rotatable bonds is 6. The fourth-order valence-electron chi connectivity index (χ4n) is 2.51. The van der Waals surface area contributed by atoms with Gasteiger partial charge in [0.2, 0.25) is 6.79 Å². The van der Waals surface area contributed by atoms with Gasteiger partial charge in [0, 0.05) is 6.54 Å². The summed E-state index contributed by atoms with van der Waals surface area (Å²) in [4.78, 5) is 24.4. The van der Waals surface area contributed by atoms with E-state index in [2.05, 4.69) is 5.32 Å². The summed E-state index contributed by atoms with van der Waals surface area (Å²) < 4.78 is 20.6. The summed E-state index contributed by atoms with van der Waals surface area (Å²) >= 11 is 0. The van der Waals surface area contributed by atoms with Crippen molar-refractivity contribution in [2.45, 2.75) is 19.6 Å². The molecule has 0 bridgehead atoms. The highest BCUT2D eigenvalue weighted by atomic mass is 16.7. The van der Waals surface area contributed by atoms with Crippen LogP contribution in [0.3, 0.4) is 0 Å². The number of ether oxygens (including phenoxy) is 4. The number of hydrogen-bond acceptors (Lipinski definition) is 7. The first-order chi connectivity index (χ1) is 13.0. The molecule has 0 fully saturated rings. The molecule has 0 saturated heterocycles. The van der Waals surface area contributed by atoms with Gasteiger partial charge in [-0.25, -0.2) is 4.79 Å². The molecule has 1 aliphatic rings. The van der Waals surface area contributed by atoms with E-state index in [0.717, 1.165) is 5.56 Å². The minimum Gasteiger partial charge on any atom is -0.504 e. The van der Waals surface area contributed by atoms with Crippen LogP contribution in [0.2, 0.25) is 0 Å². The van der Waals surface area contributed by atoms with Gasteiger partial charge in [0.1, 0.15) is 5.56 Å². The van der Waals surface area contributed by atoms with Crippen LogP contribution in [0.5, 0.6) is 23.0 Å². The number of carbonyl (C=O) groups excluding carboxylic acids is 2. The highest BCUT2D eigenvalue weighted by Crippen LogP contribution is 2.32. The van der Waals surface area contributed by atoms with Crippen LogP contribution in [0.1, 0.15) is 22.8 Å². The van der Waals surface area contributed by atoms with Crippen LogP contribution in [0.25, 0.3) is 0 Å². The third-order valence-corrected chi connectivity index (χ3v) is 4.00. The maximum atomic E-state index is 12.2. The first-order valence-corrected chi connectivity index (χ1v) is 8.22. The van der Waals surface area contributed by atoms with Crippen molar-refractivity contribution in [3.63, 3.8) is 0 Å². The SMILES string of the molecule is COc1cccc(C(=O)O[C@@H](C)C(=O)NCc2ccc3c(c2)OCO3)c1O. The lowest BCUT2D eigenvalue weighted by Gasteiger charge is -2.15. The fraction of sp³-hybridized carbons (Fsp3) is 0.263. The molecule has 0 aromatic heterocycles. The maximum Gasteiger partial charge on any atom is 0.342 e. The van der Waals surface area contributed by atoms with Crippen molar-refractivity contribution in [1.29, 1.82) is 0 Å². The monoisotopic (exact) mass is 373 g/mol. The van der Waals surface area contributed by atoms with Crippen LogP contribution in [0.4, 0.5) is 0 Å². The Hall–Kier alpha value is -3.42. The van der Waals surface area contributed by atoms with Gasteiger partial charge < -0.3 is 29.4 Å². The lowest BCUT2D eigenvalue weighted by molar-refractivity contribution is -0.129. The number of benzene rings is 2. The minimum absolute atomic E-state index is 0.0789. The molecule has 0 radical (unpaired) electrons. The van der Waals surface area contributed by atoms with Crippen molar-refractivity contribution in [3.8, 4) is 23.0 Å². The Morgan fingerprint density at radius 2 is 2.00 bits per heavy atom. The molecule has 2 N–H and O–H groups in total. The van der Waals surface area contributed by atoms with E-state index < -0.39 is 18.0 Å². The van der Waals surface area contributed by atoms with E-state index >= 15 is 0 Å². The normalized spacial score (nSPS) is 13.0. The number of phenols is 1. The lowest BCUT2D eigenvalue weighted by Crippen LogP contribution is -2.35. The van der Waals surface area contributed by atoms with Crippen molar-refractivity contribution in [2.75, 3.05) is 13.9 Å². The number of methoxy groups -OCH3 is 1. The van der Waals surface area contributed by atoms with Crippen molar-refractivity contribution >= 4 is 11.9 Å². The van der Waals surface area contributed by atoms with E-state index in [-0.39, 0.29) is 30.4 Å². The number of phenolic OH excluding ortho intramolecular Hbond substituents is 1. The van der Waals surface area contributed by atoms with Crippen molar-refractivity contribution in [1.82, 2.24) is 5.32 Å². The number of para-hydroxylation sites is 1. The quantitative estimate of drug-likeness (QED) is 0.747. The molecule has 8 heteroatoms. The van der Waals surface area contributed by atoms with E-state index in [4.69, 9.17) is 18.9 Å². The first-order valence-electron chi connectivity index (χ1n) is 8.22. The van der Waals surface area contributed by atoms with Crippen LogP contribution in [-0.2, 0) is 16.1 Å². The molecule has 1 atom stereocenters. The molecule has 27 heavy (non-hydrogen) atoms. The molecule has 0 unspecified atom stereocenters. The minimum atomic E-state index is -1.04. The number of fused-ring (bicyclic) bond motifs is 1. The van der Waals surface area contributed by atoms with Crippen LogP contribution >= 0.6 is 0 Å². The van der Waals surface area contributed by atoms with Gasteiger partial charge in [0.25, 0.3) is 5.91 Å². The molecule has 1 amide bonds. The van der Waals surface area contributed by atoms with E-state index in [1.165, 1.54) is 26.2 Å². The van der Waals surface area contributed by atoms with E-state index in [0.29, 0.717) is 11.5 Å². The van der Waals surface area contributed by atoms with Crippen LogP contribution in [0.15, 0.2) is 36.4 Å². The fourth-order valence-corrected chi connectivity index (χ4v) is 2.51. The van der Waals surface area contributed by atoms with Crippen molar-refractivity contribution < 1.29 is 33.6 Å². The zero-order chi connectivity index (χ0) is 19.4. The average Bonchev–Trinajstić information content (AvgIpc) is 3.13. The number of amides is 1. The lowest BCUT2D eigenvalue weighted by atomic mass is 10.2. The zero-order valence-electron chi connectivity index (χ0n) is 14.9. The first kappa shape index (κ1) is 18.4. The molecule has 0 saturated carbocycles. The van der Waals surface area contributed by atoms with Gasteiger partial charge in [-0.05, 0) is 36.8 Å². The third kappa shape index (κ3) is 4.05. The Balaban J connectivity index is 1.57. The zero-order valence-corrected chi connectivity index (χ0v) is 14.9. The topological polar surface area (TPSA) is 103 Å². The van der Waals surface area contributed by atoms with Crippen molar-refractivity contribution in [2.24, 2.45) is 0 Å². The van der Waals surface area contributed by atoms with Crippen LogP contribution in [-0.4, -0.2) is 37.0 Å². The van der Waals surface area contributed by atoms with Gasteiger partial charge in [-0.15, -0.1) is 0 Å². The Morgan fingerprint density at radius 3 is 2.78 bits per heavy atom. The number of nitrogens with one attached hydrogen (secondary N) is 1. The Bertz CT molecular complexity index is 865. The van der Waals surface area contributed by atoms with Crippen molar-refractivity contribution in [3.05, 3.63) is 47.5 Å². The maximum absolute atomic E-state index is 12.2. The molecule has 3 rings (SSSR count). The van der Waals surface area contributed by atoms with E-state index in [1.54, 1.807) is 24.3 Å². The predicted molar refractivity (Wildman–Crippen MR) is 93.9 cm³/mol. The summed E-state index contributed by atoms with van der Waals surface area (Å²) in [5.41, 5.74) is 0.737. The summed E-state index contributed by atoms with van der Waals surface area (Å²) in [6.45, 7) is 1.86.